The molecule has 0 bridgehead atoms. The summed E-state index contributed by atoms with van der Waals surface area (Å²) in [6.07, 6.45) is 9.29. The summed E-state index contributed by atoms with van der Waals surface area (Å²) in [4.78, 5) is 29.9. The SMILES string of the molecule is C=C=Cn1c(=O)n(C(C)C)c(=O)c2c1ncn2CC1CCCCC1. The molecular weight excluding hydrogens is 304 g/mol. The fourth-order valence-electron chi connectivity index (χ4n) is 3.62. The minimum Gasteiger partial charge on any atom is -0.324 e. The molecule has 6 nitrogen and oxygen atoms in total. The molecule has 0 saturated heterocycles. The Balaban J connectivity index is 2.21. The second-order valence-corrected chi connectivity index (χ2v) is 6.83. The highest BCUT2D eigenvalue weighted by molar-refractivity contribution is 5.72. The van der Waals surface area contributed by atoms with E-state index in [-0.39, 0.29) is 11.6 Å². The van der Waals surface area contributed by atoms with E-state index in [0.717, 1.165) is 6.54 Å². The van der Waals surface area contributed by atoms with Gasteiger partial charge in [0.05, 0.1) is 12.5 Å². The monoisotopic (exact) mass is 328 g/mol. The molecule has 0 N–H and O–H groups in total. The van der Waals surface area contributed by atoms with Gasteiger partial charge in [-0.3, -0.25) is 9.36 Å². The molecule has 1 fully saturated rings. The first-order valence-corrected chi connectivity index (χ1v) is 8.62. The normalized spacial score (nSPS) is 15.8. The van der Waals surface area contributed by atoms with E-state index < -0.39 is 5.69 Å². The van der Waals surface area contributed by atoms with Gasteiger partial charge < -0.3 is 4.57 Å². The maximum absolute atomic E-state index is 12.9. The number of fused-ring (bicyclic) bond motifs is 1. The van der Waals surface area contributed by atoms with Crippen LogP contribution in [-0.2, 0) is 6.54 Å². The molecule has 24 heavy (non-hydrogen) atoms. The smallest absolute Gasteiger partial charge is 0.324 e. The minimum atomic E-state index is -0.401. The van der Waals surface area contributed by atoms with E-state index in [4.69, 9.17) is 0 Å². The average molecular weight is 328 g/mol. The lowest BCUT2D eigenvalue weighted by Crippen LogP contribution is -2.40. The van der Waals surface area contributed by atoms with Gasteiger partial charge in [0.1, 0.15) is 0 Å². The summed E-state index contributed by atoms with van der Waals surface area (Å²) in [5.41, 5.74) is 2.81. The number of hydrogen-bond donors (Lipinski definition) is 0. The predicted octanol–water partition coefficient (Wildman–Crippen LogP) is 2.78. The quantitative estimate of drug-likeness (QED) is 0.811. The summed E-state index contributed by atoms with van der Waals surface area (Å²) in [6.45, 7) is 7.98. The van der Waals surface area contributed by atoms with Gasteiger partial charge in [-0.2, -0.15) is 0 Å². The largest absolute Gasteiger partial charge is 0.337 e. The van der Waals surface area contributed by atoms with Gasteiger partial charge in [-0.25, -0.2) is 14.3 Å². The first-order valence-electron chi connectivity index (χ1n) is 8.62. The maximum atomic E-state index is 12.9. The summed E-state index contributed by atoms with van der Waals surface area (Å²) >= 11 is 0. The second kappa shape index (κ2) is 6.65. The first kappa shape index (κ1) is 16.5. The molecule has 6 heteroatoms. The molecule has 0 atom stereocenters. The van der Waals surface area contributed by atoms with E-state index in [0.29, 0.717) is 17.1 Å². The van der Waals surface area contributed by atoms with Crippen LogP contribution in [-0.4, -0.2) is 18.7 Å². The van der Waals surface area contributed by atoms with Gasteiger partial charge >= 0.3 is 5.69 Å². The van der Waals surface area contributed by atoms with Crippen LogP contribution >= 0.6 is 0 Å². The lowest BCUT2D eigenvalue weighted by Gasteiger charge is -2.22. The third-order valence-corrected chi connectivity index (χ3v) is 4.80. The van der Waals surface area contributed by atoms with Crippen molar-refractivity contribution < 1.29 is 0 Å². The van der Waals surface area contributed by atoms with Crippen molar-refractivity contribution in [3.8, 4) is 0 Å². The Hall–Kier alpha value is -2.33. The van der Waals surface area contributed by atoms with Gasteiger partial charge in [0.2, 0.25) is 0 Å². The van der Waals surface area contributed by atoms with Crippen molar-refractivity contribution in [2.24, 2.45) is 5.92 Å². The Bertz CT molecular complexity index is 903. The Morgan fingerprint density at radius 1 is 1.33 bits per heavy atom. The van der Waals surface area contributed by atoms with Crippen LogP contribution < -0.4 is 11.2 Å². The molecule has 0 unspecified atom stereocenters. The molecule has 2 aromatic rings. The Morgan fingerprint density at radius 2 is 2.04 bits per heavy atom. The van der Waals surface area contributed by atoms with Gasteiger partial charge in [0, 0.05) is 12.6 Å². The van der Waals surface area contributed by atoms with Crippen LogP contribution in [0, 0.1) is 5.92 Å². The fraction of sp³-hybridized carbons (Fsp3) is 0.556. The number of nitrogens with zero attached hydrogens (tertiary/aromatic N) is 4. The lowest BCUT2D eigenvalue weighted by atomic mass is 9.89. The third-order valence-electron chi connectivity index (χ3n) is 4.80. The molecule has 0 aromatic carbocycles. The summed E-state index contributed by atoms with van der Waals surface area (Å²) < 4.78 is 4.55. The molecule has 1 aliphatic carbocycles. The highest BCUT2D eigenvalue weighted by Crippen LogP contribution is 2.25. The van der Waals surface area contributed by atoms with E-state index in [1.165, 1.54) is 47.4 Å². The summed E-state index contributed by atoms with van der Waals surface area (Å²) in [5, 5.41) is 0. The molecule has 2 aromatic heterocycles. The second-order valence-electron chi connectivity index (χ2n) is 6.83. The van der Waals surface area contributed by atoms with Gasteiger partial charge in [-0.05, 0) is 32.6 Å². The Morgan fingerprint density at radius 3 is 2.67 bits per heavy atom. The number of imidazole rings is 1. The van der Waals surface area contributed by atoms with Crippen molar-refractivity contribution in [3.05, 3.63) is 39.5 Å². The van der Waals surface area contributed by atoms with E-state index in [1.807, 2.05) is 18.4 Å². The number of aromatic nitrogens is 4. The van der Waals surface area contributed by atoms with Crippen LogP contribution in [0.5, 0.6) is 0 Å². The highest BCUT2D eigenvalue weighted by Gasteiger charge is 2.21. The molecule has 1 saturated carbocycles. The Kier molecular flexibility index (Phi) is 4.58. The van der Waals surface area contributed by atoms with Crippen LogP contribution in [0.4, 0.5) is 0 Å². The molecule has 128 valence electrons. The standard InChI is InChI=1S/C18H24N4O2/c1-4-10-21-16-15(17(23)22(13(2)3)18(21)24)20(12-19-16)11-14-8-6-5-7-9-14/h10,12-14H,1,5-9,11H2,2-3H3. The molecule has 1 aliphatic rings. The summed E-state index contributed by atoms with van der Waals surface area (Å²) in [7, 11) is 0. The van der Waals surface area contributed by atoms with Crippen molar-refractivity contribution in [2.75, 3.05) is 0 Å². The van der Waals surface area contributed by atoms with E-state index in [9.17, 15) is 9.59 Å². The van der Waals surface area contributed by atoms with E-state index in [1.54, 1.807) is 6.33 Å². The van der Waals surface area contributed by atoms with Crippen LogP contribution in [0.2, 0.25) is 0 Å². The third kappa shape index (κ3) is 2.78. The van der Waals surface area contributed by atoms with Crippen LogP contribution in [0.1, 0.15) is 52.0 Å². The van der Waals surface area contributed by atoms with Crippen LogP contribution in [0.15, 0.2) is 28.2 Å². The van der Waals surface area contributed by atoms with Crippen LogP contribution in [0.25, 0.3) is 17.4 Å². The van der Waals surface area contributed by atoms with Gasteiger partial charge in [-0.15, -0.1) is 5.73 Å². The molecule has 2 heterocycles. The Labute approximate surface area is 140 Å². The van der Waals surface area contributed by atoms with Crippen molar-refractivity contribution in [1.82, 2.24) is 18.7 Å². The fourth-order valence-corrected chi connectivity index (χ4v) is 3.62. The zero-order chi connectivity index (χ0) is 17.3. The van der Waals surface area contributed by atoms with Crippen LogP contribution in [0.3, 0.4) is 0 Å². The van der Waals surface area contributed by atoms with Crippen molar-refractivity contribution >= 4 is 17.4 Å². The lowest BCUT2D eigenvalue weighted by molar-refractivity contribution is 0.321. The topological polar surface area (TPSA) is 61.8 Å². The van der Waals surface area contributed by atoms with Crippen molar-refractivity contribution in [2.45, 2.75) is 58.5 Å². The van der Waals surface area contributed by atoms with E-state index >= 15 is 0 Å². The average Bonchev–Trinajstić information content (AvgIpc) is 2.96. The van der Waals surface area contributed by atoms with Crippen molar-refractivity contribution in [3.63, 3.8) is 0 Å². The highest BCUT2D eigenvalue weighted by atomic mass is 16.2. The minimum absolute atomic E-state index is 0.225. The number of hydrogen-bond acceptors (Lipinski definition) is 3. The molecule has 0 radical (unpaired) electrons. The zero-order valence-corrected chi connectivity index (χ0v) is 14.4. The molecule has 0 aliphatic heterocycles. The summed E-state index contributed by atoms with van der Waals surface area (Å²) in [5.74, 6) is 0.568. The predicted molar refractivity (Wildman–Crippen MR) is 95.1 cm³/mol. The molecule has 0 spiro atoms. The molecular formula is C18H24N4O2. The number of rotatable bonds is 4. The van der Waals surface area contributed by atoms with Gasteiger partial charge in [0.25, 0.3) is 5.56 Å². The molecule has 0 amide bonds. The van der Waals surface area contributed by atoms with E-state index in [2.05, 4.69) is 17.3 Å². The maximum Gasteiger partial charge on any atom is 0.337 e. The summed E-state index contributed by atoms with van der Waals surface area (Å²) in [6, 6.07) is -0.225. The zero-order valence-electron chi connectivity index (χ0n) is 14.4. The van der Waals surface area contributed by atoms with Gasteiger partial charge in [-0.1, -0.05) is 25.8 Å². The van der Waals surface area contributed by atoms with Gasteiger partial charge in [0.15, 0.2) is 11.2 Å². The first-order chi connectivity index (χ1) is 11.5. The van der Waals surface area contributed by atoms with Crippen molar-refractivity contribution in [1.29, 1.82) is 0 Å². The molecule has 3 rings (SSSR count).